The molecule has 0 fully saturated rings. The molecule has 2 unspecified atom stereocenters. The SMILES string of the molecule is CCCCc1ccc(C#Cc2ccc(CN(Cc3ccc(OC(=O)C(C)C4OC(=O)c5ccccc5O4)cc3)S(=O)(=O)CC)cc2)cc1. The van der Waals surface area contributed by atoms with Crippen molar-refractivity contribution in [3.63, 3.8) is 0 Å². The highest BCUT2D eigenvalue weighted by Gasteiger charge is 2.36. The molecule has 4 aromatic rings. The zero-order chi connectivity index (χ0) is 34.1. The van der Waals surface area contributed by atoms with Crippen LogP contribution in [0.2, 0.25) is 0 Å². The first kappa shape index (κ1) is 34.4. The van der Waals surface area contributed by atoms with E-state index in [0.717, 1.165) is 28.7 Å². The quantitative estimate of drug-likeness (QED) is 0.0923. The third kappa shape index (κ3) is 8.91. The van der Waals surface area contributed by atoms with E-state index in [0.29, 0.717) is 11.3 Å². The number of hydrogen-bond acceptors (Lipinski definition) is 7. The molecule has 1 aliphatic rings. The van der Waals surface area contributed by atoms with Gasteiger partial charge in [0.2, 0.25) is 10.0 Å². The molecule has 0 N–H and O–H groups in total. The number of cyclic esters (lactones) is 1. The highest BCUT2D eigenvalue weighted by atomic mass is 32.2. The minimum absolute atomic E-state index is 0.0420. The summed E-state index contributed by atoms with van der Waals surface area (Å²) in [6, 6.07) is 29.2. The molecular weight excluding hydrogens is 626 g/mol. The number of benzene rings is 4. The van der Waals surface area contributed by atoms with Crippen LogP contribution in [0.4, 0.5) is 0 Å². The number of rotatable bonds is 12. The van der Waals surface area contributed by atoms with Crippen LogP contribution in [0.15, 0.2) is 97.1 Å². The molecule has 0 saturated carbocycles. The Kier molecular flexibility index (Phi) is 11.3. The molecule has 5 rings (SSSR count). The van der Waals surface area contributed by atoms with Gasteiger partial charge in [-0.05, 0) is 91.9 Å². The first-order valence-corrected chi connectivity index (χ1v) is 17.7. The molecule has 8 nitrogen and oxygen atoms in total. The monoisotopic (exact) mass is 665 g/mol. The van der Waals surface area contributed by atoms with Crippen LogP contribution in [0, 0.1) is 17.8 Å². The van der Waals surface area contributed by atoms with Crippen LogP contribution >= 0.6 is 0 Å². The third-order valence-electron chi connectivity index (χ3n) is 8.05. The van der Waals surface area contributed by atoms with E-state index in [9.17, 15) is 18.0 Å². The lowest BCUT2D eigenvalue weighted by Gasteiger charge is -2.28. The van der Waals surface area contributed by atoms with Gasteiger partial charge in [0.25, 0.3) is 6.29 Å². The standard InChI is InChI=1S/C39H39NO7S/c1-4-6-9-29-12-14-30(15-13-29)16-17-31-18-20-32(21-19-31)26-40(48(43,44)5-2)27-33-22-24-34(25-23-33)45-37(41)28(3)39-46-36-11-8-7-10-35(36)38(42)47-39/h7-8,10-15,18-25,28,39H,4-6,9,26-27H2,1-3H3. The molecule has 4 aromatic carbocycles. The third-order valence-corrected chi connectivity index (χ3v) is 9.82. The predicted octanol–water partition coefficient (Wildman–Crippen LogP) is 6.90. The van der Waals surface area contributed by atoms with Crippen molar-refractivity contribution >= 4 is 22.0 Å². The van der Waals surface area contributed by atoms with Gasteiger partial charge in [0.05, 0.1) is 5.75 Å². The number of esters is 2. The number of carbonyl (C=O) groups is 2. The van der Waals surface area contributed by atoms with E-state index in [1.54, 1.807) is 62.4 Å². The molecule has 0 bridgehead atoms. The van der Waals surface area contributed by atoms with Crippen molar-refractivity contribution < 1.29 is 32.2 Å². The topological polar surface area (TPSA) is 99.2 Å². The van der Waals surface area contributed by atoms with Crippen LogP contribution in [-0.2, 0) is 39.1 Å². The Bertz CT molecular complexity index is 1890. The summed E-state index contributed by atoms with van der Waals surface area (Å²) in [7, 11) is -3.54. The van der Waals surface area contributed by atoms with E-state index < -0.39 is 34.2 Å². The van der Waals surface area contributed by atoms with Crippen molar-refractivity contribution in [2.24, 2.45) is 5.92 Å². The number of hydrogen-bond donors (Lipinski definition) is 0. The van der Waals surface area contributed by atoms with E-state index in [1.807, 2.05) is 36.4 Å². The predicted molar refractivity (Wildman–Crippen MR) is 184 cm³/mol. The number of nitrogens with zero attached hydrogens (tertiary/aromatic N) is 1. The lowest BCUT2D eigenvalue weighted by Crippen LogP contribution is -2.40. The number of unbranched alkanes of at least 4 members (excludes halogenated alkanes) is 1. The summed E-state index contributed by atoms with van der Waals surface area (Å²) >= 11 is 0. The van der Waals surface area contributed by atoms with Gasteiger partial charge in [-0.2, -0.15) is 4.31 Å². The second-order valence-electron chi connectivity index (χ2n) is 11.7. The van der Waals surface area contributed by atoms with Crippen molar-refractivity contribution in [1.82, 2.24) is 4.31 Å². The Morgan fingerprint density at radius 3 is 1.96 bits per heavy atom. The van der Waals surface area contributed by atoms with Crippen molar-refractivity contribution in [2.75, 3.05) is 5.75 Å². The molecule has 248 valence electrons. The molecule has 0 aromatic heterocycles. The number of fused-ring (bicyclic) bond motifs is 1. The Balaban J connectivity index is 1.19. The maximum Gasteiger partial charge on any atom is 0.345 e. The van der Waals surface area contributed by atoms with Gasteiger partial charge >= 0.3 is 11.9 Å². The summed E-state index contributed by atoms with van der Waals surface area (Å²) in [6.45, 7) is 5.70. The molecule has 0 amide bonds. The second-order valence-corrected chi connectivity index (χ2v) is 13.9. The van der Waals surface area contributed by atoms with E-state index in [2.05, 4.69) is 30.9 Å². The largest absolute Gasteiger partial charge is 0.453 e. The number of ether oxygens (including phenoxy) is 3. The molecule has 9 heteroatoms. The van der Waals surface area contributed by atoms with Crippen LogP contribution in [-0.4, -0.2) is 36.7 Å². The van der Waals surface area contributed by atoms with Gasteiger partial charge in [-0.25, -0.2) is 13.2 Å². The summed E-state index contributed by atoms with van der Waals surface area (Å²) in [5.74, 6) is 4.86. The van der Waals surface area contributed by atoms with Gasteiger partial charge in [-0.1, -0.05) is 73.7 Å². The Hall–Kier alpha value is -4.91. The van der Waals surface area contributed by atoms with Crippen LogP contribution in [0.1, 0.15) is 71.8 Å². The Morgan fingerprint density at radius 2 is 1.38 bits per heavy atom. The fourth-order valence-corrected chi connectivity index (χ4v) is 6.12. The molecule has 0 saturated heterocycles. The average molecular weight is 666 g/mol. The Labute approximate surface area is 282 Å². The zero-order valence-corrected chi connectivity index (χ0v) is 28.2. The van der Waals surface area contributed by atoms with Crippen molar-refractivity contribution in [2.45, 2.75) is 59.4 Å². The summed E-state index contributed by atoms with van der Waals surface area (Å²) in [4.78, 5) is 25.2. The zero-order valence-electron chi connectivity index (χ0n) is 27.3. The fraction of sp³-hybridized carbons (Fsp3) is 0.282. The summed E-state index contributed by atoms with van der Waals surface area (Å²) in [5.41, 5.74) is 4.97. The second kappa shape index (κ2) is 15.8. The van der Waals surface area contributed by atoms with E-state index in [-0.39, 0.29) is 24.6 Å². The normalized spacial score (nSPS) is 14.6. The van der Waals surface area contributed by atoms with E-state index in [1.165, 1.54) is 22.7 Å². The van der Waals surface area contributed by atoms with Crippen LogP contribution in [0.25, 0.3) is 0 Å². The van der Waals surface area contributed by atoms with Gasteiger partial charge in [0.1, 0.15) is 23.0 Å². The molecule has 0 radical (unpaired) electrons. The van der Waals surface area contributed by atoms with Crippen LogP contribution in [0.3, 0.4) is 0 Å². The molecule has 48 heavy (non-hydrogen) atoms. The fourth-order valence-electron chi connectivity index (χ4n) is 5.06. The molecule has 1 aliphatic heterocycles. The number of para-hydroxylation sites is 1. The van der Waals surface area contributed by atoms with Crippen LogP contribution < -0.4 is 9.47 Å². The summed E-state index contributed by atoms with van der Waals surface area (Å²) < 4.78 is 44.1. The molecular formula is C39H39NO7S. The van der Waals surface area contributed by atoms with Gasteiger partial charge < -0.3 is 14.2 Å². The minimum Gasteiger partial charge on any atom is -0.453 e. The maximum absolute atomic E-state index is 13.0. The first-order chi connectivity index (χ1) is 23.1. The maximum atomic E-state index is 13.0. The molecule has 1 heterocycles. The van der Waals surface area contributed by atoms with Gasteiger partial charge in [-0.3, -0.25) is 4.79 Å². The van der Waals surface area contributed by atoms with E-state index >= 15 is 0 Å². The lowest BCUT2D eigenvalue weighted by atomic mass is 10.1. The van der Waals surface area contributed by atoms with Crippen LogP contribution in [0.5, 0.6) is 11.5 Å². The van der Waals surface area contributed by atoms with Gasteiger partial charge in [0, 0.05) is 24.2 Å². The molecule has 0 spiro atoms. The molecule has 2 atom stereocenters. The Morgan fingerprint density at radius 1 is 0.812 bits per heavy atom. The lowest BCUT2D eigenvalue weighted by molar-refractivity contribution is -0.152. The number of aryl methyl sites for hydroxylation is 1. The first-order valence-electron chi connectivity index (χ1n) is 16.1. The summed E-state index contributed by atoms with van der Waals surface area (Å²) in [6.07, 6.45) is 2.29. The van der Waals surface area contributed by atoms with Gasteiger partial charge in [-0.15, -0.1) is 0 Å². The average Bonchev–Trinajstić information content (AvgIpc) is 3.11. The number of sulfonamides is 1. The minimum atomic E-state index is -3.54. The van der Waals surface area contributed by atoms with Crippen molar-refractivity contribution in [3.8, 4) is 23.3 Å². The highest BCUT2D eigenvalue weighted by molar-refractivity contribution is 7.89. The highest BCUT2D eigenvalue weighted by Crippen LogP contribution is 2.29. The smallest absolute Gasteiger partial charge is 0.345 e. The van der Waals surface area contributed by atoms with Crippen molar-refractivity contribution in [3.05, 3.63) is 130 Å². The number of carbonyl (C=O) groups excluding carboxylic acids is 2. The van der Waals surface area contributed by atoms with Gasteiger partial charge in [0.15, 0.2) is 0 Å². The molecule has 0 aliphatic carbocycles. The van der Waals surface area contributed by atoms with E-state index in [4.69, 9.17) is 14.2 Å². The summed E-state index contributed by atoms with van der Waals surface area (Å²) in [5, 5.41) is 0. The van der Waals surface area contributed by atoms with Crippen molar-refractivity contribution in [1.29, 1.82) is 0 Å².